The highest BCUT2D eigenvalue weighted by Gasteiger charge is 2.12. The fraction of sp³-hybridized carbons (Fsp3) is 0.263. The first-order chi connectivity index (χ1) is 12.2. The van der Waals surface area contributed by atoms with Crippen molar-refractivity contribution in [1.82, 2.24) is 9.55 Å². The summed E-state index contributed by atoms with van der Waals surface area (Å²) in [6.45, 7) is 3.74. The van der Waals surface area contributed by atoms with Crippen molar-refractivity contribution in [2.75, 3.05) is 19.0 Å². The second-order valence-electron chi connectivity index (χ2n) is 5.47. The molecule has 0 amide bonds. The normalized spacial score (nSPS) is 11.1. The van der Waals surface area contributed by atoms with Gasteiger partial charge in [0.15, 0.2) is 5.16 Å². The number of hydrogen-bond donors (Lipinski definition) is 0. The Balaban J connectivity index is 1.98. The number of thioether (sulfide) groups is 1. The Bertz CT molecular complexity index is 909. The molecule has 0 fully saturated rings. The summed E-state index contributed by atoms with van der Waals surface area (Å²) in [6.07, 6.45) is 0. The van der Waals surface area contributed by atoms with E-state index in [0.717, 1.165) is 16.8 Å². The maximum Gasteiger partial charge on any atom is 0.262 e. The molecule has 0 bridgehead atoms. The summed E-state index contributed by atoms with van der Waals surface area (Å²) in [5.74, 6) is 0.749. The first kappa shape index (κ1) is 18.0. The predicted molar refractivity (Wildman–Crippen MR) is 104 cm³/mol. The van der Waals surface area contributed by atoms with E-state index < -0.39 is 0 Å². The molecule has 0 unspecified atom stereocenters. The molecule has 0 aliphatic rings. The zero-order valence-corrected chi connectivity index (χ0v) is 15.5. The fourth-order valence-corrected chi connectivity index (χ4v) is 3.48. The lowest BCUT2D eigenvalue weighted by molar-refractivity contribution is 0.164. The molecule has 0 atom stereocenters. The van der Waals surface area contributed by atoms with Crippen LogP contribution >= 0.6 is 23.4 Å². The van der Waals surface area contributed by atoms with Gasteiger partial charge in [-0.1, -0.05) is 47.6 Å². The molecular weight excluding hydrogens is 356 g/mol. The van der Waals surface area contributed by atoms with Crippen LogP contribution in [0.25, 0.3) is 10.9 Å². The van der Waals surface area contributed by atoms with Crippen LogP contribution in [0.1, 0.15) is 12.5 Å². The van der Waals surface area contributed by atoms with Crippen LogP contribution in [-0.4, -0.2) is 28.5 Å². The molecule has 1 aromatic heterocycles. The molecule has 4 nitrogen and oxygen atoms in total. The minimum Gasteiger partial charge on any atom is -0.381 e. The molecule has 0 aliphatic heterocycles. The maximum atomic E-state index is 13.0. The molecule has 3 rings (SSSR count). The fourth-order valence-electron chi connectivity index (χ4n) is 2.51. The molecular formula is C19H19ClN2O2S. The predicted octanol–water partition coefficient (Wildman–Crippen LogP) is 4.23. The third-order valence-corrected chi connectivity index (χ3v) is 4.94. The molecule has 0 spiro atoms. The van der Waals surface area contributed by atoms with Gasteiger partial charge in [-0.3, -0.25) is 9.36 Å². The van der Waals surface area contributed by atoms with Gasteiger partial charge in [-0.2, -0.15) is 0 Å². The second-order valence-corrected chi connectivity index (χ2v) is 6.97. The minimum atomic E-state index is -0.0283. The van der Waals surface area contributed by atoms with Crippen molar-refractivity contribution in [3.63, 3.8) is 0 Å². The van der Waals surface area contributed by atoms with Crippen molar-refractivity contribution < 1.29 is 4.74 Å². The Morgan fingerprint density at radius 1 is 1.16 bits per heavy atom. The number of aromatic nitrogens is 2. The monoisotopic (exact) mass is 374 g/mol. The molecule has 1 heterocycles. The van der Waals surface area contributed by atoms with E-state index in [1.807, 2.05) is 55.5 Å². The third-order valence-electron chi connectivity index (χ3n) is 3.74. The molecule has 130 valence electrons. The van der Waals surface area contributed by atoms with E-state index in [0.29, 0.717) is 35.3 Å². The molecule has 2 aromatic carbocycles. The lowest BCUT2D eigenvalue weighted by Gasteiger charge is -2.13. The van der Waals surface area contributed by atoms with Crippen molar-refractivity contribution in [2.24, 2.45) is 0 Å². The van der Waals surface area contributed by atoms with E-state index >= 15 is 0 Å². The second kappa shape index (κ2) is 8.52. The Kier molecular flexibility index (Phi) is 6.13. The van der Waals surface area contributed by atoms with Crippen LogP contribution in [0.15, 0.2) is 58.5 Å². The van der Waals surface area contributed by atoms with Crippen LogP contribution in [0.2, 0.25) is 5.02 Å². The average molecular weight is 375 g/mol. The van der Waals surface area contributed by atoms with Crippen LogP contribution in [0, 0.1) is 0 Å². The molecule has 0 radical (unpaired) electrons. The van der Waals surface area contributed by atoms with Crippen molar-refractivity contribution in [1.29, 1.82) is 0 Å². The Morgan fingerprint density at radius 3 is 2.68 bits per heavy atom. The number of benzene rings is 2. The molecule has 0 saturated heterocycles. The van der Waals surface area contributed by atoms with Crippen LogP contribution < -0.4 is 5.56 Å². The summed E-state index contributed by atoms with van der Waals surface area (Å²) in [5.41, 5.74) is 1.70. The Hall–Kier alpha value is -1.82. The summed E-state index contributed by atoms with van der Waals surface area (Å²) in [4.78, 5) is 17.7. The SMILES string of the molecule is CCOCCSc1nc2ccccc2c(=O)n1Cc1ccc(Cl)cc1. The van der Waals surface area contributed by atoms with E-state index in [-0.39, 0.29) is 5.56 Å². The van der Waals surface area contributed by atoms with Gasteiger partial charge >= 0.3 is 0 Å². The number of fused-ring (bicyclic) bond motifs is 1. The van der Waals surface area contributed by atoms with Crippen molar-refractivity contribution in [3.8, 4) is 0 Å². The van der Waals surface area contributed by atoms with Crippen LogP contribution in [0.5, 0.6) is 0 Å². The van der Waals surface area contributed by atoms with Crippen LogP contribution in [-0.2, 0) is 11.3 Å². The third kappa shape index (κ3) is 4.42. The van der Waals surface area contributed by atoms with Gasteiger partial charge in [-0.25, -0.2) is 4.98 Å². The number of para-hydroxylation sites is 1. The summed E-state index contributed by atoms with van der Waals surface area (Å²) in [6, 6.07) is 15.0. The number of ether oxygens (including phenoxy) is 1. The minimum absolute atomic E-state index is 0.0283. The maximum absolute atomic E-state index is 13.0. The lowest BCUT2D eigenvalue weighted by atomic mass is 10.2. The van der Waals surface area contributed by atoms with E-state index in [4.69, 9.17) is 21.3 Å². The summed E-state index contributed by atoms with van der Waals surface area (Å²) in [7, 11) is 0. The van der Waals surface area contributed by atoms with Gasteiger partial charge in [0, 0.05) is 17.4 Å². The Morgan fingerprint density at radius 2 is 1.92 bits per heavy atom. The van der Waals surface area contributed by atoms with Crippen molar-refractivity contribution >= 4 is 34.3 Å². The Labute approximate surface area is 155 Å². The van der Waals surface area contributed by atoms with Crippen molar-refractivity contribution in [3.05, 3.63) is 69.5 Å². The number of hydrogen-bond acceptors (Lipinski definition) is 4. The highest BCUT2D eigenvalue weighted by atomic mass is 35.5. The summed E-state index contributed by atoms with van der Waals surface area (Å²) < 4.78 is 7.12. The molecule has 0 saturated carbocycles. The van der Waals surface area contributed by atoms with Gasteiger partial charge in [-0.05, 0) is 36.8 Å². The molecule has 25 heavy (non-hydrogen) atoms. The average Bonchev–Trinajstić information content (AvgIpc) is 2.63. The first-order valence-electron chi connectivity index (χ1n) is 8.13. The molecule has 0 aliphatic carbocycles. The van der Waals surface area contributed by atoms with Gasteiger partial charge < -0.3 is 4.74 Å². The highest BCUT2D eigenvalue weighted by Crippen LogP contribution is 2.19. The first-order valence-corrected chi connectivity index (χ1v) is 9.50. The molecule has 6 heteroatoms. The van der Waals surface area contributed by atoms with E-state index in [2.05, 4.69) is 0 Å². The number of rotatable bonds is 7. The zero-order valence-electron chi connectivity index (χ0n) is 13.9. The van der Waals surface area contributed by atoms with E-state index in [9.17, 15) is 4.79 Å². The standard InChI is InChI=1S/C19H19ClN2O2S/c1-2-24-11-12-25-19-21-17-6-4-3-5-16(17)18(23)22(19)13-14-7-9-15(20)10-8-14/h3-10H,2,11-13H2,1H3. The molecule has 3 aromatic rings. The van der Waals surface area contributed by atoms with Crippen LogP contribution in [0.4, 0.5) is 0 Å². The van der Waals surface area contributed by atoms with Crippen LogP contribution in [0.3, 0.4) is 0 Å². The van der Waals surface area contributed by atoms with E-state index in [1.165, 1.54) is 11.8 Å². The largest absolute Gasteiger partial charge is 0.381 e. The van der Waals surface area contributed by atoms with Crippen molar-refractivity contribution in [2.45, 2.75) is 18.6 Å². The smallest absolute Gasteiger partial charge is 0.262 e. The quantitative estimate of drug-likeness (QED) is 0.352. The van der Waals surface area contributed by atoms with Gasteiger partial charge in [0.05, 0.1) is 24.1 Å². The zero-order chi connectivity index (χ0) is 17.6. The molecule has 0 N–H and O–H groups in total. The highest BCUT2D eigenvalue weighted by molar-refractivity contribution is 7.99. The van der Waals surface area contributed by atoms with Gasteiger partial charge in [0.25, 0.3) is 5.56 Å². The number of nitrogens with zero attached hydrogens (tertiary/aromatic N) is 2. The summed E-state index contributed by atoms with van der Waals surface area (Å²) in [5, 5.41) is 2.02. The topological polar surface area (TPSA) is 44.1 Å². The summed E-state index contributed by atoms with van der Waals surface area (Å²) >= 11 is 7.49. The van der Waals surface area contributed by atoms with Gasteiger partial charge in [0.1, 0.15) is 0 Å². The lowest BCUT2D eigenvalue weighted by Crippen LogP contribution is -2.24. The van der Waals surface area contributed by atoms with Gasteiger partial charge in [-0.15, -0.1) is 0 Å². The number of halogens is 1. The van der Waals surface area contributed by atoms with E-state index in [1.54, 1.807) is 4.57 Å². The van der Waals surface area contributed by atoms with Gasteiger partial charge in [0.2, 0.25) is 0 Å².